The van der Waals surface area contributed by atoms with Crippen LogP contribution in [0.1, 0.15) is 41.8 Å². The van der Waals surface area contributed by atoms with Crippen LogP contribution in [0.4, 0.5) is 0 Å². The standard InChI is InChI=1S/C18H20O7/c1-8-14(21)12(9(2)19)16-13(15(8)22)17(3)11(20)6-10(23-4)7-18(17,24-5)25-16/h6,21-22H,7H2,1-5H3/t17-,18-/m0/s1. The topological polar surface area (TPSA) is 102 Å². The van der Waals surface area contributed by atoms with E-state index in [9.17, 15) is 19.8 Å². The number of hydrogen-bond acceptors (Lipinski definition) is 7. The van der Waals surface area contributed by atoms with Crippen molar-refractivity contribution in [2.45, 2.75) is 38.4 Å². The van der Waals surface area contributed by atoms with E-state index in [-0.39, 0.29) is 46.1 Å². The Hall–Kier alpha value is -2.54. The third kappa shape index (κ3) is 1.90. The van der Waals surface area contributed by atoms with Crippen molar-refractivity contribution in [1.82, 2.24) is 0 Å². The Morgan fingerprint density at radius 1 is 1.28 bits per heavy atom. The van der Waals surface area contributed by atoms with E-state index in [0.29, 0.717) is 5.76 Å². The zero-order valence-corrected chi connectivity index (χ0v) is 14.7. The molecule has 1 aliphatic carbocycles. The summed E-state index contributed by atoms with van der Waals surface area (Å²) in [6, 6.07) is 0. The maximum atomic E-state index is 12.9. The van der Waals surface area contributed by atoms with E-state index in [1.807, 2.05) is 0 Å². The zero-order chi connectivity index (χ0) is 18.7. The number of ketones is 2. The van der Waals surface area contributed by atoms with Gasteiger partial charge in [0.2, 0.25) is 5.79 Å². The van der Waals surface area contributed by atoms with Gasteiger partial charge in [0.1, 0.15) is 34.0 Å². The van der Waals surface area contributed by atoms with E-state index in [1.54, 1.807) is 6.92 Å². The lowest BCUT2D eigenvalue weighted by Gasteiger charge is -2.42. The number of fused-ring (bicyclic) bond motifs is 3. The van der Waals surface area contributed by atoms with Gasteiger partial charge in [-0.25, -0.2) is 0 Å². The van der Waals surface area contributed by atoms with Crippen molar-refractivity contribution >= 4 is 11.6 Å². The Labute approximate surface area is 144 Å². The van der Waals surface area contributed by atoms with Crippen molar-refractivity contribution in [2.24, 2.45) is 0 Å². The molecule has 2 atom stereocenters. The van der Waals surface area contributed by atoms with Crippen molar-refractivity contribution < 1.29 is 34.0 Å². The average molecular weight is 348 g/mol. The van der Waals surface area contributed by atoms with Crippen LogP contribution in [0.25, 0.3) is 0 Å². The van der Waals surface area contributed by atoms with Crippen LogP contribution >= 0.6 is 0 Å². The Balaban J connectivity index is 2.41. The average Bonchev–Trinajstić information content (AvgIpc) is 2.83. The minimum Gasteiger partial charge on any atom is -0.507 e. The van der Waals surface area contributed by atoms with Gasteiger partial charge in [-0.2, -0.15) is 0 Å². The van der Waals surface area contributed by atoms with Crippen LogP contribution in [0, 0.1) is 6.92 Å². The molecule has 0 saturated carbocycles. The molecule has 0 radical (unpaired) electrons. The highest BCUT2D eigenvalue weighted by atomic mass is 16.7. The largest absolute Gasteiger partial charge is 0.507 e. The molecule has 0 saturated heterocycles. The number of methoxy groups -OCH3 is 2. The first-order valence-electron chi connectivity index (χ1n) is 7.77. The quantitative estimate of drug-likeness (QED) is 0.807. The van der Waals surface area contributed by atoms with Gasteiger partial charge in [0.25, 0.3) is 0 Å². The van der Waals surface area contributed by atoms with Crippen molar-refractivity contribution in [3.05, 3.63) is 28.5 Å². The molecule has 2 N–H and O–H groups in total. The number of hydrogen-bond donors (Lipinski definition) is 2. The molecule has 1 aliphatic heterocycles. The Morgan fingerprint density at radius 3 is 2.44 bits per heavy atom. The molecule has 3 rings (SSSR count). The van der Waals surface area contributed by atoms with E-state index >= 15 is 0 Å². The lowest BCUT2D eigenvalue weighted by Crippen LogP contribution is -2.57. The molecule has 0 fully saturated rings. The summed E-state index contributed by atoms with van der Waals surface area (Å²) in [6.45, 7) is 4.34. The predicted octanol–water partition coefficient (Wildman–Crippen LogP) is 2.10. The first kappa shape index (κ1) is 17.3. The van der Waals surface area contributed by atoms with E-state index < -0.39 is 17.0 Å². The molecule has 2 aliphatic rings. The second kappa shape index (κ2) is 5.23. The number of carbonyl (C=O) groups is 2. The third-order valence-corrected chi connectivity index (χ3v) is 5.30. The second-order valence-electron chi connectivity index (χ2n) is 6.50. The molecule has 1 aromatic carbocycles. The smallest absolute Gasteiger partial charge is 0.234 e. The molecule has 7 heteroatoms. The fraction of sp³-hybridized carbons (Fsp3) is 0.444. The fourth-order valence-electron chi connectivity index (χ4n) is 3.72. The highest BCUT2D eigenvalue weighted by molar-refractivity contribution is 6.07. The van der Waals surface area contributed by atoms with Crippen LogP contribution in [0.2, 0.25) is 0 Å². The van der Waals surface area contributed by atoms with Crippen LogP contribution in [0.3, 0.4) is 0 Å². The summed E-state index contributed by atoms with van der Waals surface area (Å²) >= 11 is 0. The van der Waals surface area contributed by atoms with Crippen molar-refractivity contribution in [2.75, 3.05) is 14.2 Å². The number of benzene rings is 1. The van der Waals surface area contributed by atoms with Crippen LogP contribution in [0.5, 0.6) is 17.2 Å². The van der Waals surface area contributed by atoms with Crippen molar-refractivity contribution in [3.8, 4) is 17.2 Å². The van der Waals surface area contributed by atoms with Gasteiger partial charge in [-0.05, 0) is 20.8 Å². The lowest BCUT2D eigenvalue weighted by atomic mass is 9.68. The molecule has 0 amide bonds. The number of phenols is 2. The SMILES string of the molecule is COC1=CC(=O)[C@@]2(C)c3c(O)c(C)c(O)c(C(C)=O)c3O[C@@]2(OC)C1. The first-order valence-corrected chi connectivity index (χ1v) is 7.77. The molecule has 1 heterocycles. The molecule has 134 valence electrons. The second-order valence-corrected chi connectivity index (χ2v) is 6.50. The first-order chi connectivity index (χ1) is 11.6. The Bertz CT molecular complexity index is 839. The van der Waals surface area contributed by atoms with Gasteiger partial charge >= 0.3 is 0 Å². The number of carbonyl (C=O) groups excluding carboxylic acids is 2. The highest BCUT2D eigenvalue weighted by Gasteiger charge is 2.66. The van der Waals surface area contributed by atoms with Crippen molar-refractivity contribution in [3.63, 3.8) is 0 Å². The zero-order valence-electron chi connectivity index (χ0n) is 14.7. The number of rotatable bonds is 3. The maximum Gasteiger partial charge on any atom is 0.234 e. The van der Waals surface area contributed by atoms with Gasteiger partial charge in [-0.15, -0.1) is 0 Å². The summed E-state index contributed by atoms with van der Waals surface area (Å²) in [7, 11) is 2.81. The monoisotopic (exact) mass is 348 g/mol. The van der Waals surface area contributed by atoms with Crippen LogP contribution in [0.15, 0.2) is 11.8 Å². The molecule has 1 aromatic rings. The minimum atomic E-state index is -1.49. The summed E-state index contributed by atoms with van der Waals surface area (Å²) in [4.78, 5) is 25.1. The Morgan fingerprint density at radius 2 is 1.92 bits per heavy atom. The number of phenolic OH excluding ortho intramolecular Hbond substituents is 2. The molecular weight excluding hydrogens is 328 g/mol. The predicted molar refractivity (Wildman–Crippen MR) is 86.9 cm³/mol. The van der Waals surface area contributed by atoms with Gasteiger partial charge in [0.05, 0.1) is 19.1 Å². The molecule has 25 heavy (non-hydrogen) atoms. The number of allylic oxidation sites excluding steroid dienone is 1. The van der Waals surface area contributed by atoms with Gasteiger partial charge < -0.3 is 24.4 Å². The number of Topliss-reactive ketones (excluding diaryl/α,β-unsaturated/α-hetero) is 1. The van der Waals surface area contributed by atoms with Crippen LogP contribution in [-0.2, 0) is 19.7 Å². The minimum absolute atomic E-state index is 0.0310. The van der Waals surface area contributed by atoms with E-state index in [4.69, 9.17) is 14.2 Å². The van der Waals surface area contributed by atoms with E-state index in [0.717, 1.165) is 0 Å². The summed E-state index contributed by atoms with van der Waals surface area (Å²) < 4.78 is 16.7. The fourth-order valence-corrected chi connectivity index (χ4v) is 3.72. The molecule has 0 unspecified atom stereocenters. The number of aromatic hydroxyl groups is 2. The van der Waals surface area contributed by atoms with Gasteiger partial charge in [0, 0.05) is 18.7 Å². The van der Waals surface area contributed by atoms with Gasteiger partial charge in [0.15, 0.2) is 11.6 Å². The van der Waals surface area contributed by atoms with Gasteiger partial charge in [-0.1, -0.05) is 0 Å². The maximum absolute atomic E-state index is 12.9. The molecule has 0 bridgehead atoms. The normalized spacial score (nSPS) is 27.2. The van der Waals surface area contributed by atoms with E-state index in [1.165, 1.54) is 34.1 Å². The van der Waals surface area contributed by atoms with Crippen LogP contribution in [-0.4, -0.2) is 41.8 Å². The molecule has 0 aromatic heterocycles. The van der Waals surface area contributed by atoms with Crippen LogP contribution < -0.4 is 4.74 Å². The van der Waals surface area contributed by atoms with E-state index in [2.05, 4.69) is 0 Å². The molecule has 7 nitrogen and oxygen atoms in total. The third-order valence-electron chi connectivity index (χ3n) is 5.30. The molecular formula is C18H20O7. The summed E-state index contributed by atoms with van der Waals surface area (Å²) in [5.74, 6) is -2.65. The summed E-state index contributed by atoms with van der Waals surface area (Å²) in [6.07, 6.45) is 1.44. The van der Waals surface area contributed by atoms with Gasteiger partial charge in [-0.3, -0.25) is 9.59 Å². The summed E-state index contributed by atoms with van der Waals surface area (Å²) in [5.41, 5.74) is -1.23. The molecule has 0 spiro atoms. The number of ether oxygens (including phenoxy) is 3. The summed E-state index contributed by atoms with van der Waals surface area (Å²) in [5, 5.41) is 21.0. The Kier molecular flexibility index (Phi) is 3.61. The lowest BCUT2D eigenvalue weighted by molar-refractivity contribution is -0.199. The van der Waals surface area contributed by atoms with Crippen molar-refractivity contribution in [1.29, 1.82) is 0 Å². The highest BCUT2D eigenvalue weighted by Crippen LogP contribution is 2.61.